The molecule has 20 heavy (non-hydrogen) atoms. The molecule has 5 nitrogen and oxygen atoms in total. The fourth-order valence-electron chi connectivity index (χ4n) is 2.45. The molecule has 7 heteroatoms. The Morgan fingerprint density at radius 1 is 1.40 bits per heavy atom. The molecule has 2 rings (SSSR count). The van der Waals surface area contributed by atoms with Crippen LogP contribution >= 0.6 is 0 Å². The minimum absolute atomic E-state index is 0.0662. The molecule has 0 saturated carbocycles. The summed E-state index contributed by atoms with van der Waals surface area (Å²) in [6.45, 7) is 0.426. The van der Waals surface area contributed by atoms with Crippen LogP contribution in [0.1, 0.15) is 19.3 Å². The van der Waals surface area contributed by atoms with Gasteiger partial charge in [0.2, 0.25) is 10.0 Å². The van der Waals surface area contributed by atoms with Crippen LogP contribution in [0.15, 0.2) is 29.2 Å². The summed E-state index contributed by atoms with van der Waals surface area (Å²) in [5.41, 5.74) is 0. The van der Waals surface area contributed by atoms with E-state index in [-0.39, 0.29) is 23.8 Å². The Morgan fingerprint density at radius 3 is 2.75 bits per heavy atom. The number of sulfonamides is 1. The topological polar surface area (TPSA) is 74.7 Å². The van der Waals surface area contributed by atoms with Crippen molar-refractivity contribution in [2.45, 2.75) is 24.2 Å². The van der Waals surface area contributed by atoms with Gasteiger partial charge in [0.1, 0.15) is 10.7 Å². The zero-order valence-corrected chi connectivity index (χ0v) is 11.6. The second-order valence-corrected chi connectivity index (χ2v) is 6.81. The van der Waals surface area contributed by atoms with E-state index < -0.39 is 21.8 Å². The highest BCUT2D eigenvalue weighted by atomic mass is 32.2. The number of hydrogen-bond acceptors (Lipinski definition) is 3. The van der Waals surface area contributed by atoms with Crippen molar-refractivity contribution in [3.63, 3.8) is 0 Å². The van der Waals surface area contributed by atoms with Crippen molar-refractivity contribution >= 4 is 16.0 Å². The Balaban J connectivity index is 2.22. The van der Waals surface area contributed by atoms with Gasteiger partial charge in [0.25, 0.3) is 0 Å². The lowest BCUT2D eigenvalue weighted by Gasteiger charge is -2.31. The largest absolute Gasteiger partial charge is 0.481 e. The minimum atomic E-state index is -3.90. The van der Waals surface area contributed by atoms with E-state index in [2.05, 4.69) is 0 Å². The van der Waals surface area contributed by atoms with Gasteiger partial charge >= 0.3 is 5.97 Å². The zero-order chi connectivity index (χ0) is 14.8. The fraction of sp³-hybridized carbons (Fsp3) is 0.462. The third-order valence-corrected chi connectivity index (χ3v) is 5.30. The first-order chi connectivity index (χ1) is 9.41. The molecule has 0 amide bonds. The van der Waals surface area contributed by atoms with Gasteiger partial charge in [-0.15, -0.1) is 0 Å². The van der Waals surface area contributed by atoms with Gasteiger partial charge in [0.15, 0.2) is 0 Å². The summed E-state index contributed by atoms with van der Waals surface area (Å²) in [7, 11) is -3.90. The quantitative estimate of drug-likeness (QED) is 0.918. The van der Waals surface area contributed by atoms with Crippen molar-refractivity contribution in [3.8, 4) is 0 Å². The molecular formula is C13H16FNO4S. The molecular weight excluding hydrogens is 285 g/mol. The predicted octanol–water partition coefficient (Wildman–Crippen LogP) is 1.70. The highest BCUT2D eigenvalue weighted by Crippen LogP contribution is 2.26. The molecule has 110 valence electrons. The van der Waals surface area contributed by atoms with E-state index >= 15 is 0 Å². The maximum atomic E-state index is 13.6. The van der Waals surface area contributed by atoms with Crippen LogP contribution in [-0.4, -0.2) is 36.9 Å². The van der Waals surface area contributed by atoms with E-state index in [1.165, 1.54) is 22.5 Å². The third-order valence-electron chi connectivity index (χ3n) is 3.40. The molecule has 1 aromatic carbocycles. The van der Waals surface area contributed by atoms with Gasteiger partial charge in [-0.1, -0.05) is 12.1 Å². The zero-order valence-electron chi connectivity index (χ0n) is 10.8. The maximum Gasteiger partial charge on any atom is 0.303 e. The summed E-state index contributed by atoms with van der Waals surface area (Å²) < 4.78 is 39.6. The van der Waals surface area contributed by atoms with Gasteiger partial charge in [-0.3, -0.25) is 4.79 Å². The molecule has 1 saturated heterocycles. The lowest BCUT2D eigenvalue weighted by Crippen LogP contribution is -2.40. The molecule has 0 aromatic heterocycles. The van der Waals surface area contributed by atoms with Crippen LogP contribution in [0.3, 0.4) is 0 Å². The molecule has 1 N–H and O–H groups in total. The number of carboxylic acids is 1. The van der Waals surface area contributed by atoms with E-state index in [0.29, 0.717) is 19.4 Å². The standard InChI is InChI=1S/C13H16FNO4S/c14-11-5-1-2-6-12(11)20(18,19)15-7-3-4-10(9-15)8-13(16)17/h1-2,5-6,10H,3-4,7-9H2,(H,16,17). The number of benzene rings is 1. The van der Waals surface area contributed by atoms with Crippen molar-refractivity contribution in [2.75, 3.05) is 13.1 Å². The predicted molar refractivity (Wildman–Crippen MR) is 70.1 cm³/mol. The Hall–Kier alpha value is -1.47. The van der Waals surface area contributed by atoms with Crippen LogP contribution in [0, 0.1) is 11.7 Å². The van der Waals surface area contributed by atoms with Crippen molar-refractivity contribution in [2.24, 2.45) is 5.92 Å². The molecule has 1 unspecified atom stereocenters. The van der Waals surface area contributed by atoms with E-state index in [4.69, 9.17) is 5.11 Å². The number of carbonyl (C=O) groups is 1. The number of aliphatic carboxylic acids is 1. The minimum Gasteiger partial charge on any atom is -0.481 e. The van der Waals surface area contributed by atoms with Gasteiger partial charge in [-0.05, 0) is 30.9 Å². The highest BCUT2D eigenvalue weighted by Gasteiger charge is 2.32. The second kappa shape index (κ2) is 5.88. The Bertz CT molecular complexity index is 602. The number of carboxylic acid groups (broad SMARTS) is 1. The van der Waals surface area contributed by atoms with Gasteiger partial charge in [-0.2, -0.15) is 4.31 Å². The van der Waals surface area contributed by atoms with E-state index in [9.17, 15) is 17.6 Å². The van der Waals surface area contributed by atoms with Crippen LogP contribution in [0.5, 0.6) is 0 Å². The molecule has 0 spiro atoms. The number of rotatable bonds is 4. The highest BCUT2D eigenvalue weighted by molar-refractivity contribution is 7.89. The summed E-state index contributed by atoms with van der Waals surface area (Å²) in [5.74, 6) is -1.95. The van der Waals surface area contributed by atoms with Crippen molar-refractivity contribution in [3.05, 3.63) is 30.1 Å². The number of hydrogen-bond donors (Lipinski definition) is 1. The van der Waals surface area contributed by atoms with E-state index in [1.54, 1.807) is 0 Å². The Kier molecular flexibility index (Phi) is 4.39. The average molecular weight is 301 g/mol. The van der Waals surface area contributed by atoms with Crippen LogP contribution in [-0.2, 0) is 14.8 Å². The molecule has 0 aliphatic carbocycles. The average Bonchev–Trinajstić information content (AvgIpc) is 2.38. The normalized spacial score (nSPS) is 20.8. The number of halogens is 1. The lowest BCUT2D eigenvalue weighted by atomic mass is 9.96. The summed E-state index contributed by atoms with van der Waals surface area (Å²) in [6, 6.07) is 5.23. The molecule has 0 radical (unpaired) electrons. The second-order valence-electron chi connectivity index (χ2n) is 4.90. The molecule has 1 heterocycles. The van der Waals surface area contributed by atoms with Crippen molar-refractivity contribution in [1.29, 1.82) is 0 Å². The van der Waals surface area contributed by atoms with Gasteiger partial charge in [-0.25, -0.2) is 12.8 Å². The van der Waals surface area contributed by atoms with E-state index in [0.717, 1.165) is 6.07 Å². The summed E-state index contributed by atoms with van der Waals surface area (Å²) in [5, 5.41) is 8.79. The number of piperidine rings is 1. The molecule has 0 bridgehead atoms. The van der Waals surface area contributed by atoms with Crippen molar-refractivity contribution < 1.29 is 22.7 Å². The first-order valence-electron chi connectivity index (χ1n) is 6.37. The first-order valence-corrected chi connectivity index (χ1v) is 7.81. The monoisotopic (exact) mass is 301 g/mol. The third kappa shape index (κ3) is 3.16. The summed E-state index contributed by atoms with van der Waals surface area (Å²) >= 11 is 0. The molecule has 1 aromatic rings. The summed E-state index contributed by atoms with van der Waals surface area (Å²) in [6.07, 6.45) is 1.20. The van der Waals surface area contributed by atoms with Crippen LogP contribution in [0.2, 0.25) is 0 Å². The van der Waals surface area contributed by atoms with E-state index in [1.807, 2.05) is 0 Å². The first kappa shape index (κ1) is 14.9. The Labute approximate surface area is 117 Å². The van der Waals surface area contributed by atoms with Crippen LogP contribution in [0.4, 0.5) is 4.39 Å². The van der Waals surface area contributed by atoms with Gasteiger partial charge in [0, 0.05) is 19.5 Å². The smallest absolute Gasteiger partial charge is 0.303 e. The van der Waals surface area contributed by atoms with Crippen LogP contribution in [0.25, 0.3) is 0 Å². The molecule has 1 aliphatic rings. The summed E-state index contributed by atoms with van der Waals surface area (Å²) in [4.78, 5) is 10.4. The fourth-order valence-corrected chi connectivity index (χ4v) is 4.07. The molecule has 1 atom stereocenters. The molecule has 1 fully saturated rings. The Morgan fingerprint density at radius 2 is 2.10 bits per heavy atom. The van der Waals surface area contributed by atoms with Gasteiger partial charge < -0.3 is 5.11 Å². The SMILES string of the molecule is O=C(O)CC1CCCN(S(=O)(=O)c2ccccc2F)C1. The van der Waals surface area contributed by atoms with Crippen LogP contribution < -0.4 is 0 Å². The lowest BCUT2D eigenvalue weighted by molar-refractivity contribution is -0.138. The number of nitrogens with zero attached hydrogens (tertiary/aromatic N) is 1. The maximum absolute atomic E-state index is 13.6. The molecule has 1 aliphatic heterocycles. The van der Waals surface area contributed by atoms with Gasteiger partial charge in [0.05, 0.1) is 0 Å². The van der Waals surface area contributed by atoms with Crippen molar-refractivity contribution in [1.82, 2.24) is 4.31 Å².